The molecule has 0 aliphatic carbocycles. The van der Waals surface area contributed by atoms with Crippen LogP contribution in [0.5, 0.6) is 11.6 Å². The van der Waals surface area contributed by atoms with Crippen molar-refractivity contribution in [3.05, 3.63) is 95.8 Å². The van der Waals surface area contributed by atoms with E-state index < -0.39 is 26.2 Å². The minimum Gasteiger partial charge on any atom is -0.497 e. The number of hydrogen-bond acceptors (Lipinski definition) is 8. The lowest BCUT2D eigenvalue weighted by Gasteiger charge is -2.22. The highest BCUT2D eigenvalue weighted by atomic mass is 31.2. The Morgan fingerprint density at radius 2 is 1.74 bits per heavy atom. The van der Waals surface area contributed by atoms with Gasteiger partial charge in [-0.2, -0.15) is 4.98 Å². The summed E-state index contributed by atoms with van der Waals surface area (Å²) in [7, 11) is 0.329. The molecule has 196 valence electrons. The number of carbonyl (C=O) groups is 1. The highest BCUT2D eigenvalue weighted by molar-refractivity contribution is 7.56. The van der Waals surface area contributed by atoms with E-state index in [1.54, 1.807) is 31.5 Å². The third-order valence-corrected chi connectivity index (χ3v) is 7.22. The molecule has 0 aliphatic rings. The van der Waals surface area contributed by atoms with Crippen molar-refractivity contribution in [2.75, 3.05) is 20.3 Å². The van der Waals surface area contributed by atoms with E-state index in [2.05, 4.69) is 20.3 Å². The summed E-state index contributed by atoms with van der Waals surface area (Å²) in [6.45, 7) is 4.88. The first-order valence-electron chi connectivity index (χ1n) is 12.1. The summed E-state index contributed by atoms with van der Waals surface area (Å²) in [5, 5.41) is 14.5. The predicted octanol–water partition coefficient (Wildman–Crippen LogP) is 4.78. The molecule has 0 aliphatic heterocycles. The van der Waals surface area contributed by atoms with Crippen molar-refractivity contribution in [2.45, 2.75) is 19.9 Å². The molecule has 0 saturated carbocycles. The molecule has 2 aromatic carbocycles. The molecule has 10 heteroatoms. The van der Waals surface area contributed by atoms with Crippen molar-refractivity contribution in [3.63, 3.8) is 0 Å². The zero-order valence-electron chi connectivity index (χ0n) is 21.4. The number of nitrogens with one attached hydrogen (secondary N) is 1. The van der Waals surface area contributed by atoms with Crippen LogP contribution in [0, 0.1) is 0 Å². The molecule has 0 bridgehead atoms. The Balaban J connectivity index is 1.67. The minimum absolute atomic E-state index is 0.0507. The van der Waals surface area contributed by atoms with Gasteiger partial charge in [-0.1, -0.05) is 30.3 Å². The molecule has 9 nitrogen and oxygen atoms in total. The molecule has 2 N–H and O–H groups in total. The third-order valence-electron chi connectivity index (χ3n) is 5.54. The molecule has 2 aromatic heterocycles. The normalized spacial score (nSPS) is 11.8. The Bertz CT molecular complexity index is 1350. The lowest BCUT2D eigenvalue weighted by molar-refractivity contribution is 0.0939. The molecule has 0 radical (unpaired) electrons. The number of carbonyl (C=O) groups excluding carboxylic acids is 1. The summed E-state index contributed by atoms with van der Waals surface area (Å²) in [4.78, 5) is 25.9. The van der Waals surface area contributed by atoms with Gasteiger partial charge in [0.15, 0.2) is 5.82 Å². The van der Waals surface area contributed by atoms with Gasteiger partial charge in [-0.15, -0.1) is 0 Å². The first-order valence-corrected chi connectivity index (χ1v) is 13.3. The summed E-state index contributed by atoms with van der Waals surface area (Å²) >= 11 is 0. The molecule has 0 fully saturated rings. The second-order valence-corrected chi connectivity index (χ2v) is 9.56. The van der Waals surface area contributed by atoms with Crippen LogP contribution in [0.1, 0.15) is 41.4 Å². The zero-order chi connectivity index (χ0) is 26.9. The quantitative estimate of drug-likeness (QED) is 0.265. The molecule has 1 unspecified atom stereocenters. The van der Waals surface area contributed by atoms with E-state index in [0.717, 1.165) is 16.4 Å². The van der Waals surface area contributed by atoms with Crippen LogP contribution in [-0.2, 0) is 9.05 Å². The van der Waals surface area contributed by atoms with E-state index in [9.17, 15) is 9.90 Å². The molecule has 1 amide bonds. The number of amides is 1. The van der Waals surface area contributed by atoms with E-state index in [-0.39, 0.29) is 11.4 Å². The van der Waals surface area contributed by atoms with Crippen molar-refractivity contribution in [1.29, 1.82) is 0 Å². The van der Waals surface area contributed by atoms with E-state index in [0.29, 0.717) is 24.7 Å². The fourth-order valence-electron chi connectivity index (χ4n) is 3.75. The Morgan fingerprint density at radius 1 is 0.974 bits per heavy atom. The van der Waals surface area contributed by atoms with Crippen molar-refractivity contribution in [3.8, 4) is 23.1 Å². The van der Waals surface area contributed by atoms with Crippen LogP contribution in [0.3, 0.4) is 0 Å². The van der Waals surface area contributed by atoms with Crippen LogP contribution in [-0.4, -0.2) is 46.3 Å². The van der Waals surface area contributed by atoms with Crippen molar-refractivity contribution in [2.24, 2.45) is 0 Å². The number of benzene rings is 2. The van der Waals surface area contributed by atoms with Gasteiger partial charge in [0.2, 0.25) is 14.3 Å². The maximum atomic E-state index is 13.4. The van der Waals surface area contributed by atoms with Gasteiger partial charge in [0.25, 0.3) is 5.91 Å². The Labute approximate surface area is 222 Å². The molecule has 0 spiro atoms. The first-order chi connectivity index (χ1) is 18.5. The summed E-state index contributed by atoms with van der Waals surface area (Å²) in [6, 6.07) is 19.9. The second-order valence-electron chi connectivity index (χ2n) is 8.01. The fraction of sp³-hybridized carbons (Fsp3) is 0.214. The maximum Gasteiger partial charge on any atom is 0.259 e. The van der Waals surface area contributed by atoms with Crippen LogP contribution in [0.25, 0.3) is 11.5 Å². The molecule has 4 rings (SSSR count). The summed E-state index contributed by atoms with van der Waals surface area (Å²) in [5.41, 5.74) is 2.07. The number of nitrogens with zero attached hydrogens (tertiary/aromatic N) is 3. The van der Waals surface area contributed by atoms with Gasteiger partial charge in [0.05, 0.1) is 26.4 Å². The average molecular weight is 533 g/mol. The zero-order valence-corrected chi connectivity index (χ0v) is 22.3. The number of ether oxygens (including phenoxy) is 1. The van der Waals surface area contributed by atoms with Crippen molar-refractivity contribution < 1.29 is 23.7 Å². The van der Waals surface area contributed by atoms with Gasteiger partial charge in [-0.25, -0.2) is 4.98 Å². The Kier molecular flexibility index (Phi) is 9.32. The fourth-order valence-corrected chi connectivity index (χ4v) is 5.06. The number of aromatic hydroxyl groups is 1. The Morgan fingerprint density at radius 3 is 2.37 bits per heavy atom. The van der Waals surface area contributed by atoms with Crippen LogP contribution in [0.15, 0.2) is 79.1 Å². The third kappa shape index (κ3) is 6.50. The maximum absolute atomic E-state index is 13.4. The molecule has 1 atom stereocenters. The number of aromatic nitrogens is 3. The number of hydrogen-bond donors (Lipinski definition) is 2. The van der Waals surface area contributed by atoms with E-state index in [1.807, 2.05) is 62.4 Å². The van der Waals surface area contributed by atoms with Crippen LogP contribution in [0.4, 0.5) is 0 Å². The van der Waals surface area contributed by atoms with Crippen LogP contribution < -0.4 is 15.4 Å². The van der Waals surface area contributed by atoms with Gasteiger partial charge in [0, 0.05) is 17.7 Å². The first kappa shape index (κ1) is 27.1. The minimum atomic E-state index is -1.27. The Hall–Kier alpha value is -3.91. The van der Waals surface area contributed by atoms with E-state index in [1.165, 1.54) is 6.20 Å². The van der Waals surface area contributed by atoms with Gasteiger partial charge < -0.3 is 24.2 Å². The van der Waals surface area contributed by atoms with Crippen LogP contribution >= 0.6 is 8.38 Å². The molecule has 0 saturated heterocycles. The largest absolute Gasteiger partial charge is 0.497 e. The van der Waals surface area contributed by atoms with Gasteiger partial charge in [-0.3, -0.25) is 9.78 Å². The van der Waals surface area contributed by atoms with Gasteiger partial charge >= 0.3 is 0 Å². The van der Waals surface area contributed by atoms with Crippen molar-refractivity contribution in [1.82, 2.24) is 20.3 Å². The van der Waals surface area contributed by atoms with E-state index >= 15 is 0 Å². The standard InChI is InChI=1S/C28H29N4O5P/c1-4-36-38(37-5-2)22-10-8-9-20(17-22)25(19-12-14-21(35-3)15-13-19)31-27(33)23-18-30-26(32-28(23)34)24-11-6-7-16-29-24/h6-18,25H,4-5H2,1-3H3,(H,31,33)(H,30,32,34). The van der Waals surface area contributed by atoms with E-state index in [4.69, 9.17) is 13.8 Å². The highest BCUT2D eigenvalue weighted by Crippen LogP contribution is 2.38. The molecule has 38 heavy (non-hydrogen) atoms. The SMILES string of the molecule is CCOP(OCC)c1cccc(C(NC(=O)c2cnc(-c3ccccn3)nc2O)c2ccc(OC)cc2)c1. The molecule has 4 aromatic rings. The smallest absolute Gasteiger partial charge is 0.259 e. The van der Waals surface area contributed by atoms with Crippen molar-refractivity contribution >= 4 is 19.6 Å². The number of rotatable bonds is 11. The summed E-state index contributed by atoms with van der Waals surface area (Å²) in [5.74, 6) is -0.0472. The van der Waals surface area contributed by atoms with Crippen LogP contribution in [0.2, 0.25) is 0 Å². The molecular formula is C28H29N4O5P. The summed E-state index contributed by atoms with van der Waals surface area (Å²) < 4.78 is 17.0. The topological polar surface area (TPSA) is 116 Å². The number of methoxy groups -OCH3 is 1. The van der Waals surface area contributed by atoms with Gasteiger partial charge in [0.1, 0.15) is 17.0 Å². The molecule has 2 heterocycles. The monoisotopic (exact) mass is 532 g/mol. The molecular weight excluding hydrogens is 503 g/mol. The lowest BCUT2D eigenvalue weighted by Crippen LogP contribution is -2.30. The van der Waals surface area contributed by atoms with Gasteiger partial charge in [-0.05, 0) is 61.4 Å². The second kappa shape index (κ2) is 13.1. The number of pyridine rings is 1. The average Bonchev–Trinajstić information content (AvgIpc) is 2.96. The highest BCUT2D eigenvalue weighted by Gasteiger charge is 2.23. The summed E-state index contributed by atoms with van der Waals surface area (Å²) in [6.07, 6.45) is 2.90. The lowest BCUT2D eigenvalue weighted by atomic mass is 9.98. The predicted molar refractivity (Wildman–Crippen MR) is 145 cm³/mol.